The van der Waals surface area contributed by atoms with Crippen molar-refractivity contribution in [2.45, 2.75) is 57.2 Å². The number of carbonyl (C=O) groups is 1. The second kappa shape index (κ2) is 10.8. The number of carbonyl (C=O) groups excluding carboxylic acids is 1. The second-order valence-corrected chi connectivity index (χ2v) is 8.75. The van der Waals surface area contributed by atoms with Crippen LogP contribution in [0, 0.1) is 5.82 Å². The Morgan fingerprint density at radius 2 is 1.88 bits per heavy atom. The van der Waals surface area contributed by atoms with Crippen LogP contribution in [0.4, 0.5) is 4.39 Å². The molecule has 0 saturated carbocycles. The average molecular weight is 467 g/mol. The van der Waals surface area contributed by atoms with Crippen LogP contribution in [0.25, 0.3) is 11.3 Å². The van der Waals surface area contributed by atoms with Crippen LogP contribution < -0.4 is 4.74 Å². The number of ether oxygens (including phenoxy) is 1. The van der Waals surface area contributed by atoms with Crippen molar-refractivity contribution < 1.29 is 19.0 Å². The Morgan fingerprint density at radius 3 is 2.56 bits per heavy atom. The molecule has 3 atom stereocenters. The fourth-order valence-corrected chi connectivity index (χ4v) is 4.50. The Morgan fingerprint density at radius 1 is 1.15 bits per heavy atom. The highest BCUT2D eigenvalue weighted by atomic mass is 19.1. The Bertz CT molecular complexity index is 1080. The number of aromatic nitrogens is 3. The minimum absolute atomic E-state index is 0.0741. The lowest BCUT2D eigenvalue weighted by Gasteiger charge is -2.42. The van der Waals surface area contributed by atoms with Crippen LogP contribution in [-0.2, 0) is 4.79 Å². The van der Waals surface area contributed by atoms with E-state index < -0.39 is 12.1 Å². The van der Waals surface area contributed by atoms with Gasteiger partial charge in [0.05, 0.1) is 31.5 Å². The minimum atomic E-state index is -0.713. The first-order valence-corrected chi connectivity index (χ1v) is 11.8. The average Bonchev–Trinajstić information content (AvgIpc) is 3.34. The van der Waals surface area contributed by atoms with Crippen molar-refractivity contribution in [1.29, 1.82) is 0 Å². The highest BCUT2D eigenvalue weighted by Crippen LogP contribution is 2.37. The maximum atomic E-state index is 13.3. The molecule has 1 N–H and O–H groups in total. The van der Waals surface area contributed by atoms with Crippen molar-refractivity contribution in [2.75, 3.05) is 13.7 Å². The summed E-state index contributed by atoms with van der Waals surface area (Å²) < 4.78 is 20.2. The molecule has 180 valence electrons. The van der Waals surface area contributed by atoms with Crippen molar-refractivity contribution >= 4 is 5.91 Å². The first-order valence-electron chi connectivity index (χ1n) is 11.8. The van der Waals surface area contributed by atoms with Gasteiger partial charge in [0, 0.05) is 24.9 Å². The summed E-state index contributed by atoms with van der Waals surface area (Å²) in [6.45, 7) is 2.44. The first kappa shape index (κ1) is 23.9. The highest BCUT2D eigenvalue weighted by molar-refractivity contribution is 5.77. The molecule has 0 spiro atoms. The number of hydrogen-bond acceptors (Lipinski definition) is 5. The lowest BCUT2D eigenvalue weighted by atomic mass is 9.90. The van der Waals surface area contributed by atoms with Gasteiger partial charge >= 0.3 is 0 Å². The number of methoxy groups -OCH3 is 1. The van der Waals surface area contributed by atoms with Gasteiger partial charge in [0.1, 0.15) is 17.3 Å². The third-order valence-electron chi connectivity index (χ3n) is 6.47. The first-order chi connectivity index (χ1) is 16.5. The number of aliphatic hydroxyl groups is 1. The van der Waals surface area contributed by atoms with Crippen LogP contribution in [0.1, 0.15) is 56.7 Å². The number of piperidine rings is 1. The molecule has 2 aromatic carbocycles. The second-order valence-electron chi connectivity index (χ2n) is 8.75. The van der Waals surface area contributed by atoms with Gasteiger partial charge in [-0.05, 0) is 48.4 Å². The van der Waals surface area contributed by atoms with E-state index in [0.29, 0.717) is 25.1 Å². The summed E-state index contributed by atoms with van der Waals surface area (Å²) in [4.78, 5) is 15.1. The van der Waals surface area contributed by atoms with Gasteiger partial charge in [-0.3, -0.25) is 4.79 Å². The van der Waals surface area contributed by atoms with Crippen LogP contribution in [0.15, 0.2) is 54.7 Å². The molecule has 1 aliphatic rings. The summed E-state index contributed by atoms with van der Waals surface area (Å²) >= 11 is 0. The number of amides is 1. The van der Waals surface area contributed by atoms with Crippen LogP contribution in [0.2, 0.25) is 0 Å². The Hall–Kier alpha value is -3.26. The molecule has 0 bridgehead atoms. The summed E-state index contributed by atoms with van der Waals surface area (Å²) in [7, 11) is 1.62. The molecule has 34 heavy (non-hydrogen) atoms. The monoisotopic (exact) mass is 466 g/mol. The van der Waals surface area contributed by atoms with E-state index >= 15 is 0 Å². The molecule has 0 aliphatic carbocycles. The molecular formula is C26H31FN4O3. The molecule has 7 nitrogen and oxygen atoms in total. The highest BCUT2D eigenvalue weighted by Gasteiger charge is 2.39. The SMILES string of the molecule is CCCCCC(=O)N1C[C@H](n2cc(-c3ccc(F)cc3)nn2)[C@@H](O)C[C@H]1c1ccc(OC)cc1. The van der Waals surface area contributed by atoms with Crippen LogP contribution in [0.3, 0.4) is 0 Å². The van der Waals surface area contributed by atoms with E-state index in [0.717, 1.165) is 36.1 Å². The maximum absolute atomic E-state index is 13.3. The number of halogens is 1. The number of benzene rings is 2. The van der Waals surface area contributed by atoms with Gasteiger partial charge in [0.2, 0.25) is 5.91 Å². The molecule has 2 heterocycles. The van der Waals surface area contributed by atoms with Gasteiger partial charge in [-0.25, -0.2) is 9.07 Å². The molecule has 1 fully saturated rings. The quantitative estimate of drug-likeness (QED) is 0.493. The number of hydrogen-bond donors (Lipinski definition) is 1. The number of unbranched alkanes of at least 4 members (excludes halogenated alkanes) is 2. The topological polar surface area (TPSA) is 80.5 Å². The number of aliphatic hydroxyl groups excluding tert-OH is 1. The van der Waals surface area contributed by atoms with Crippen molar-refractivity contribution in [3.63, 3.8) is 0 Å². The van der Waals surface area contributed by atoms with E-state index in [1.807, 2.05) is 29.2 Å². The van der Waals surface area contributed by atoms with Crippen molar-refractivity contribution in [3.05, 3.63) is 66.1 Å². The molecule has 3 aromatic rings. The minimum Gasteiger partial charge on any atom is -0.497 e. The van der Waals surface area contributed by atoms with Gasteiger partial charge in [-0.15, -0.1) is 5.10 Å². The third kappa shape index (κ3) is 5.28. The Kier molecular flexibility index (Phi) is 7.57. The third-order valence-corrected chi connectivity index (χ3v) is 6.47. The summed E-state index contributed by atoms with van der Waals surface area (Å²) in [6.07, 6.45) is 4.78. The summed E-state index contributed by atoms with van der Waals surface area (Å²) in [5.74, 6) is 0.500. The van der Waals surface area contributed by atoms with E-state index in [4.69, 9.17) is 4.74 Å². The van der Waals surface area contributed by atoms with E-state index in [9.17, 15) is 14.3 Å². The van der Waals surface area contributed by atoms with Gasteiger partial charge in [-0.2, -0.15) is 0 Å². The van der Waals surface area contributed by atoms with Crippen LogP contribution in [0.5, 0.6) is 5.75 Å². The molecule has 0 unspecified atom stereocenters. The molecule has 1 amide bonds. The summed E-state index contributed by atoms with van der Waals surface area (Å²) in [5.41, 5.74) is 2.29. The summed E-state index contributed by atoms with van der Waals surface area (Å²) in [6, 6.07) is 13.0. The van der Waals surface area contributed by atoms with Crippen LogP contribution >= 0.6 is 0 Å². The summed E-state index contributed by atoms with van der Waals surface area (Å²) in [5, 5.41) is 19.5. The molecule has 1 saturated heterocycles. The molecular weight excluding hydrogens is 435 g/mol. The standard InChI is InChI=1S/C26H31FN4O3/c1-3-4-5-6-26(33)30-17-24(25(32)15-23(30)19-9-13-21(34-2)14-10-19)31-16-22(28-29-31)18-7-11-20(27)12-8-18/h7-14,16,23-25,32H,3-6,15,17H2,1-2H3/t23-,24-,25-/m0/s1. The number of nitrogens with zero attached hydrogens (tertiary/aromatic N) is 4. The Balaban J connectivity index is 1.58. The van der Waals surface area contributed by atoms with E-state index in [2.05, 4.69) is 17.2 Å². The zero-order valence-corrected chi connectivity index (χ0v) is 19.6. The molecule has 0 radical (unpaired) electrons. The normalized spacial score (nSPS) is 20.4. The largest absolute Gasteiger partial charge is 0.497 e. The molecule has 4 rings (SSSR count). The zero-order valence-electron chi connectivity index (χ0n) is 19.6. The lowest BCUT2D eigenvalue weighted by molar-refractivity contribution is -0.139. The lowest BCUT2D eigenvalue weighted by Crippen LogP contribution is -2.48. The van der Waals surface area contributed by atoms with Crippen molar-refractivity contribution in [1.82, 2.24) is 19.9 Å². The predicted molar refractivity (Wildman–Crippen MR) is 127 cm³/mol. The van der Waals surface area contributed by atoms with Crippen molar-refractivity contribution in [2.24, 2.45) is 0 Å². The van der Waals surface area contributed by atoms with Gasteiger partial charge < -0.3 is 14.7 Å². The van der Waals surface area contributed by atoms with E-state index in [-0.39, 0.29) is 17.8 Å². The van der Waals surface area contributed by atoms with Crippen molar-refractivity contribution in [3.8, 4) is 17.0 Å². The molecule has 1 aromatic heterocycles. The fourth-order valence-electron chi connectivity index (χ4n) is 4.50. The zero-order chi connectivity index (χ0) is 24.1. The van der Waals surface area contributed by atoms with Gasteiger partial charge in [0.15, 0.2) is 0 Å². The Labute approximate surface area is 199 Å². The van der Waals surface area contributed by atoms with E-state index in [1.165, 1.54) is 12.1 Å². The molecule has 8 heteroatoms. The van der Waals surface area contributed by atoms with Gasteiger partial charge in [-0.1, -0.05) is 37.1 Å². The van der Waals surface area contributed by atoms with E-state index in [1.54, 1.807) is 30.1 Å². The maximum Gasteiger partial charge on any atom is 0.223 e. The fraction of sp³-hybridized carbons (Fsp3) is 0.423. The van der Waals surface area contributed by atoms with Gasteiger partial charge in [0.25, 0.3) is 0 Å². The smallest absolute Gasteiger partial charge is 0.223 e. The predicted octanol–water partition coefficient (Wildman–Crippen LogP) is 4.55. The van der Waals surface area contributed by atoms with Crippen LogP contribution in [-0.4, -0.2) is 50.7 Å². The molecule has 1 aliphatic heterocycles. The number of rotatable bonds is 8. The number of likely N-dealkylation sites (tertiary alicyclic amines) is 1.